The second kappa shape index (κ2) is 19.8. The van der Waals surface area contributed by atoms with Crippen LogP contribution in [0.1, 0.15) is 106 Å². The van der Waals surface area contributed by atoms with E-state index in [0.717, 1.165) is 32.1 Å². The highest BCUT2D eigenvalue weighted by Gasteiger charge is 2.71. The Morgan fingerprint density at radius 2 is 1.25 bits per heavy atom. The molecule has 5 aliphatic carbocycles. The van der Waals surface area contributed by atoms with Gasteiger partial charge in [0.25, 0.3) is 0 Å². The van der Waals surface area contributed by atoms with Crippen LogP contribution in [0.2, 0.25) is 0 Å². The molecule has 9 aliphatic rings. The number of rotatable bonds is 11. The highest BCUT2D eigenvalue weighted by atomic mass is 16.8. The Labute approximate surface area is 424 Å². The third-order valence-corrected chi connectivity index (χ3v) is 20.1. The fourth-order valence-corrected chi connectivity index (χ4v) is 15.5. The molecule has 4 saturated heterocycles. The van der Waals surface area contributed by atoms with Crippen LogP contribution in [-0.4, -0.2) is 215 Å². The van der Waals surface area contributed by atoms with Crippen molar-refractivity contribution in [3.8, 4) is 0 Å². The number of aliphatic hydroxyl groups is 11. The molecule has 416 valence electrons. The van der Waals surface area contributed by atoms with E-state index in [0.29, 0.717) is 19.3 Å². The highest BCUT2D eigenvalue weighted by Crippen LogP contribution is 2.74. The van der Waals surface area contributed by atoms with Gasteiger partial charge in [-0.2, -0.15) is 0 Å². The number of ether oxygens (including phenoxy) is 8. The van der Waals surface area contributed by atoms with E-state index in [4.69, 9.17) is 37.9 Å². The van der Waals surface area contributed by atoms with Crippen molar-refractivity contribution in [1.29, 1.82) is 0 Å². The number of Topliss-reactive ketones (excluding diaryl/α,β-unsaturated/α-hetero) is 1. The molecule has 0 spiro atoms. The quantitative estimate of drug-likeness (QED) is 0.0849. The highest BCUT2D eigenvalue weighted by molar-refractivity contribution is 5.91. The summed E-state index contributed by atoms with van der Waals surface area (Å²) in [5.74, 6) is -1.94. The topological polar surface area (TPSA) is 351 Å². The number of carbonyl (C=O) groups excluding carboxylic acids is 1. The van der Waals surface area contributed by atoms with Gasteiger partial charge in [0.15, 0.2) is 37.0 Å². The summed E-state index contributed by atoms with van der Waals surface area (Å²) < 4.78 is 49.1. The minimum Gasteiger partial charge on any atom is -0.479 e. The third kappa shape index (κ3) is 9.00. The first-order valence-electron chi connectivity index (χ1n) is 26.1. The number of aliphatic carboxylic acids is 1. The molecule has 4 saturated carbocycles. The smallest absolute Gasteiger partial charge is 0.335 e. The fourth-order valence-electron chi connectivity index (χ4n) is 15.5. The van der Waals surface area contributed by atoms with Gasteiger partial charge in [0.2, 0.25) is 0 Å². The average Bonchev–Trinajstić information content (AvgIpc) is 3.60. The molecule has 9 rings (SSSR count). The molecular formula is C51H80O22. The largest absolute Gasteiger partial charge is 0.479 e. The maximum Gasteiger partial charge on any atom is 0.335 e. The Kier molecular flexibility index (Phi) is 15.1. The third-order valence-electron chi connectivity index (χ3n) is 20.1. The van der Waals surface area contributed by atoms with E-state index in [9.17, 15) is 70.9 Å². The van der Waals surface area contributed by atoms with Crippen LogP contribution in [0.15, 0.2) is 11.6 Å². The molecule has 0 aromatic carbocycles. The summed E-state index contributed by atoms with van der Waals surface area (Å²) in [7, 11) is 0. The second-order valence-electron chi connectivity index (χ2n) is 24.9. The molecular weight excluding hydrogens is 965 g/mol. The fraction of sp³-hybridized carbons (Fsp3) is 0.922. The van der Waals surface area contributed by atoms with Crippen molar-refractivity contribution in [2.24, 2.45) is 44.8 Å². The van der Waals surface area contributed by atoms with Crippen LogP contribution < -0.4 is 0 Å². The predicted molar refractivity (Wildman–Crippen MR) is 247 cm³/mol. The number of aliphatic hydroxyl groups excluding tert-OH is 10. The Hall–Kier alpha value is -1.88. The molecule has 22 nitrogen and oxygen atoms in total. The van der Waals surface area contributed by atoms with Crippen LogP contribution in [0.5, 0.6) is 0 Å². The van der Waals surface area contributed by atoms with Crippen molar-refractivity contribution < 1.29 is 109 Å². The van der Waals surface area contributed by atoms with Gasteiger partial charge in [0.1, 0.15) is 85.0 Å². The van der Waals surface area contributed by atoms with Gasteiger partial charge < -0.3 is 99.2 Å². The Morgan fingerprint density at radius 3 is 1.88 bits per heavy atom. The van der Waals surface area contributed by atoms with Gasteiger partial charge in [-0.25, -0.2) is 4.79 Å². The number of hydrogen-bond donors (Lipinski definition) is 12. The standard InChI is InChI=1S/C51H80O22/c1-46(2)14-15-51(65)22(16-46)21-8-9-27-48(5)12-11-29(47(3,4)26(48)10-13-49(27,6)50(21,7)17-28(51)55)69-45-40(73-44-36(62)33(59)31(57)24(18-52)67-44)38(70-42-34(60)30(56)23(54)20-66-42)37(39(72-45)41(63)64)71-43-35(61)32(58)25(19-53)68-43/h8,22-27,29-40,42-45,52-54,56-62,65H,9-20H2,1-7H3,(H,63,64)/t22-,23-,24+,25+,26?,27?,29-,30-,31-,32+,33-,34+,35-,36+,37-,38-,39-,40+,42-,43-,44-,45+,48-,49+,50+,51+/m0/s1. The number of carboxylic acid groups (broad SMARTS) is 1. The molecule has 26 atom stereocenters. The summed E-state index contributed by atoms with van der Waals surface area (Å²) in [5.41, 5.74) is -2.09. The average molecular weight is 1050 g/mol. The summed E-state index contributed by atoms with van der Waals surface area (Å²) in [5, 5.41) is 130. The second-order valence-corrected chi connectivity index (χ2v) is 24.9. The van der Waals surface area contributed by atoms with Crippen LogP contribution in [0.4, 0.5) is 0 Å². The van der Waals surface area contributed by atoms with Gasteiger partial charge in [-0.1, -0.05) is 60.1 Å². The van der Waals surface area contributed by atoms with Crippen molar-refractivity contribution in [2.45, 2.75) is 229 Å². The molecule has 0 bridgehead atoms. The molecule has 2 unspecified atom stereocenters. The van der Waals surface area contributed by atoms with Crippen LogP contribution in [0, 0.1) is 44.8 Å². The molecule has 8 fully saturated rings. The first kappa shape index (κ1) is 55.9. The molecule has 12 N–H and O–H groups in total. The van der Waals surface area contributed by atoms with E-state index < -0.39 is 159 Å². The summed E-state index contributed by atoms with van der Waals surface area (Å²) in [6, 6.07) is 0. The summed E-state index contributed by atoms with van der Waals surface area (Å²) in [6.07, 6.45) is -25.9. The number of allylic oxidation sites excluding steroid dienone is 1. The first-order chi connectivity index (χ1) is 34.1. The lowest BCUT2D eigenvalue weighted by Crippen LogP contribution is -2.69. The van der Waals surface area contributed by atoms with E-state index in [2.05, 4.69) is 54.5 Å². The predicted octanol–water partition coefficient (Wildman–Crippen LogP) is -1.26. The van der Waals surface area contributed by atoms with Gasteiger partial charge in [0.05, 0.1) is 25.9 Å². The van der Waals surface area contributed by atoms with Gasteiger partial charge >= 0.3 is 5.97 Å². The number of hydrogen-bond acceptors (Lipinski definition) is 21. The lowest BCUT2D eigenvalue weighted by molar-refractivity contribution is -0.401. The van der Waals surface area contributed by atoms with Crippen LogP contribution in [0.3, 0.4) is 0 Å². The van der Waals surface area contributed by atoms with E-state index in [1.807, 2.05) is 0 Å². The lowest BCUT2D eigenvalue weighted by Gasteiger charge is -2.71. The zero-order valence-corrected chi connectivity index (χ0v) is 42.7. The summed E-state index contributed by atoms with van der Waals surface area (Å²) >= 11 is 0. The van der Waals surface area contributed by atoms with E-state index >= 15 is 0 Å². The van der Waals surface area contributed by atoms with Gasteiger partial charge in [-0.05, 0) is 84.9 Å². The molecule has 0 aromatic rings. The molecule has 4 aliphatic heterocycles. The Bertz CT molecular complexity index is 2070. The van der Waals surface area contributed by atoms with E-state index in [-0.39, 0.29) is 46.2 Å². The van der Waals surface area contributed by atoms with Crippen molar-refractivity contribution in [2.75, 3.05) is 19.8 Å². The molecule has 73 heavy (non-hydrogen) atoms. The Balaban J connectivity index is 1.07. The zero-order chi connectivity index (χ0) is 53.3. The van der Waals surface area contributed by atoms with Gasteiger partial charge in [-0.3, -0.25) is 4.79 Å². The van der Waals surface area contributed by atoms with Crippen molar-refractivity contribution in [1.82, 2.24) is 0 Å². The molecule has 0 aromatic heterocycles. The molecule has 22 heteroatoms. The zero-order valence-electron chi connectivity index (χ0n) is 42.7. The number of carboxylic acids is 1. The summed E-state index contributed by atoms with van der Waals surface area (Å²) in [4.78, 5) is 27.7. The van der Waals surface area contributed by atoms with Crippen LogP contribution in [0.25, 0.3) is 0 Å². The molecule has 0 radical (unpaired) electrons. The SMILES string of the molecule is CC1(C)CC[C@]2(O)C(=O)C[C@]3(C)C(=CCC4[C@@]5(C)CC[C@H](O[C@@H]6O[C@H](C(=O)O)[C@@H](O[C@@H]7O[C@H](CO)[C@@H](O)[C@@H]7O)[C@H](O[C@@H]7OC[C@H](O)[C@H](O)[C@H]7O)[C@H]6O[C@@H]6O[C@H](CO)[C@H](O)[C@H](O)[C@H]6O)C(C)(C)C5CC[C@]43C)[C@@H]2C1. The number of carbonyl (C=O) groups is 2. The van der Waals surface area contributed by atoms with Gasteiger partial charge in [-0.15, -0.1) is 0 Å². The molecule has 0 amide bonds. The number of fused-ring (bicyclic) bond motifs is 7. The maximum atomic E-state index is 14.3. The first-order valence-corrected chi connectivity index (χ1v) is 26.1. The lowest BCUT2D eigenvalue weighted by atomic mass is 9.34. The summed E-state index contributed by atoms with van der Waals surface area (Å²) in [6.45, 7) is 13.2. The number of ketones is 1. The molecule has 4 heterocycles. The minimum absolute atomic E-state index is 0.0300. The van der Waals surface area contributed by atoms with E-state index in [1.165, 1.54) is 5.57 Å². The monoisotopic (exact) mass is 1040 g/mol. The Morgan fingerprint density at radius 1 is 0.658 bits per heavy atom. The normalized spacial score (nSPS) is 53.6. The van der Waals surface area contributed by atoms with E-state index in [1.54, 1.807) is 0 Å². The minimum atomic E-state index is -2.11. The van der Waals surface area contributed by atoms with Crippen LogP contribution in [-0.2, 0) is 47.5 Å². The van der Waals surface area contributed by atoms with Crippen molar-refractivity contribution in [3.05, 3.63) is 11.6 Å². The van der Waals surface area contributed by atoms with Crippen molar-refractivity contribution >= 4 is 11.8 Å². The van der Waals surface area contributed by atoms with Crippen LogP contribution >= 0.6 is 0 Å². The van der Waals surface area contributed by atoms with Gasteiger partial charge in [0, 0.05) is 17.8 Å². The van der Waals surface area contributed by atoms with Crippen molar-refractivity contribution in [3.63, 3.8) is 0 Å². The maximum absolute atomic E-state index is 14.3.